The van der Waals surface area contributed by atoms with Crippen molar-refractivity contribution in [3.63, 3.8) is 0 Å². The average Bonchev–Trinajstić information content (AvgIpc) is 2.74. The van der Waals surface area contributed by atoms with Crippen LogP contribution < -0.4 is 14.9 Å². The van der Waals surface area contributed by atoms with Gasteiger partial charge in [0, 0.05) is 0 Å². The Labute approximate surface area is 209 Å². The van der Waals surface area contributed by atoms with Gasteiger partial charge in [0.25, 0.3) is 5.91 Å². The molecule has 0 unspecified atom stereocenters. The first-order chi connectivity index (χ1) is 14.9. The van der Waals surface area contributed by atoms with E-state index in [0.29, 0.717) is 17.9 Å². The summed E-state index contributed by atoms with van der Waals surface area (Å²) < 4.78 is 13.3. The van der Waals surface area contributed by atoms with Crippen LogP contribution in [0.2, 0.25) is 0 Å². The van der Waals surface area contributed by atoms with Crippen molar-refractivity contribution < 1.29 is 14.3 Å². The molecule has 0 aliphatic carbocycles. The van der Waals surface area contributed by atoms with Gasteiger partial charge < -0.3 is 9.47 Å². The highest BCUT2D eigenvalue weighted by Gasteiger charge is 2.12. The van der Waals surface area contributed by atoms with Crippen molar-refractivity contribution in [2.75, 3.05) is 7.11 Å². The summed E-state index contributed by atoms with van der Waals surface area (Å²) in [5.74, 6) is 1.04. The van der Waals surface area contributed by atoms with Gasteiger partial charge in [-0.25, -0.2) is 5.43 Å². The number of methoxy groups -OCH3 is 1. The molecular formula is C24H22I2N2O3. The van der Waals surface area contributed by atoms with E-state index in [2.05, 4.69) is 86.9 Å². The molecular weight excluding hydrogens is 618 g/mol. The van der Waals surface area contributed by atoms with Crippen molar-refractivity contribution in [2.24, 2.45) is 5.10 Å². The molecule has 0 bridgehead atoms. The van der Waals surface area contributed by atoms with Crippen LogP contribution in [0, 0.1) is 21.0 Å². The minimum absolute atomic E-state index is 0.324. The van der Waals surface area contributed by atoms with E-state index in [4.69, 9.17) is 9.47 Å². The maximum Gasteiger partial charge on any atom is 0.275 e. The lowest BCUT2D eigenvalue weighted by Crippen LogP contribution is -2.18. The molecule has 3 rings (SSSR count). The number of amides is 1. The summed E-state index contributed by atoms with van der Waals surface area (Å²) >= 11 is 4.50. The van der Waals surface area contributed by atoms with Crippen LogP contribution in [0.4, 0.5) is 0 Å². The van der Waals surface area contributed by atoms with E-state index < -0.39 is 0 Å². The number of benzene rings is 3. The minimum Gasteiger partial charge on any atom is -0.496 e. The number of aryl methyl sites for hydroxylation is 2. The predicted molar refractivity (Wildman–Crippen MR) is 140 cm³/mol. The Morgan fingerprint density at radius 3 is 2.29 bits per heavy atom. The highest BCUT2D eigenvalue weighted by atomic mass is 127. The Balaban J connectivity index is 1.66. The largest absolute Gasteiger partial charge is 0.496 e. The van der Waals surface area contributed by atoms with E-state index >= 15 is 0 Å². The lowest BCUT2D eigenvalue weighted by Gasteiger charge is -2.12. The van der Waals surface area contributed by atoms with Gasteiger partial charge in [-0.15, -0.1) is 0 Å². The Bertz CT molecular complexity index is 1090. The second kappa shape index (κ2) is 10.9. The molecule has 1 amide bonds. The van der Waals surface area contributed by atoms with Gasteiger partial charge in [-0.2, -0.15) is 5.10 Å². The van der Waals surface area contributed by atoms with Gasteiger partial charge >= 0.3 is 0 Å². The third-order valence-corrected chi connectivity index (χ3v) is 6.11. The van der Waals surface area contributed by atoms with Crippen molar-refractivity contribution in [3.8, 4) is 11.5 Å². The Kier molecular flexibility index (Phi) is 8.30. The van der Waals surface area contributed by atoms with E-state index in [1.165, 1.54) is 5.56 Å². The standard InChI is InChI=1S/C24H22I2N2O3/c1-15-4-7-17(8-5-15)14-31-23-20(25)11-18(12-21(23)26)13-27-28-24(29)19-9-6-16(2)10-22(19)30-3/h4-13H,14H2,1-3H3,(H,28,29)/b27-13-. The Morgan fingerprint density at radius 1 is 1.00 bits per heavy atom. The lowest BCUT2D eigenvalue weighted by atomic mass is 10.1. The summed E-state index contributed by atoms with van der Waals surface area (Å²) in [5, 5.41) is 4.10. The number of hydrazone groups is 1. The molecule has 3 aromatic rings. The number of ether oxygens (including phenoxy) is 2. The zero-order chi connectivity index (χ0) is 22.4. The van der Waals surface area contributed by atoms with Crippen LogP contribution in [0.3, 0.4) is 0 Å². The van der Waals surface area contributed by atoms with Crippen molar-refractivity contribution in [1.29, 1.82) is 0 Å². The summed E-state index contributed by atoms with van der Waals surface area (Å²) in [6.45, 7) is 4.52. The molecule has 0 aliphatic heterocycles. The maximum absolute atomic E-state index is 12.4. The highest BCUT2D eigenvalue weighted by molar-refractivity contribution is 14.1. The fourth-order valence-electron chi connectivity index (χ4n) is 2.84. The number of carbonyl (C=O) groups excluding carboxylic acids is 1. The Hall–Kier alpha value is -2.14. The molecule has 31 heavy (non-hydrogen) atoms. The van der Waals surface area contributed by atoms with Gasteiger partial charge in [0.15, 0.2) is 0 Å². The summed E-state index contributed by atoms with van der Waals surface area (Å²) in [6.07, 6.45) is 1.62. The number of halogens is 2. The molecule has 0 aromatic heterocycles. The smallest absolute Gasteiger partial charge is 0.275 e. The monoisotopic (exact) mass is 640 g/mol. The number of nitrogens with one attached hydrogen (secondary N) is 1. The number of carbonyl (C=O) groups is 1. The second-order valence-corrected chi connectivity index (χ2v) is 9.32. The first-order valence-corrected chi connectivity index (χ1v) is 11.7. The second-order valence-electron chi connectivity index (χ2n) is 6.99. The summed E-state index contributed by atoms with van der Waals surface area (Å²) in [6, 6.07) is 17.6. The maximum atomic E-state index is 12.4. The van der Waals surface area contributed by atoms with Crippen LogP contribution in [0.15, 0.2) is 59.7 Å². The lowest BCUT2D eigenvalue weighted by molar-refractivity contribution is 0.0952. The summed E-state index contributed by atoms with van der Waals surface area (Å²) in [5.41, 5.74) is 7.24. The van der Waals surface area contributed by atoms with E-state index in [-0.39, 0.29) is 5.91 Å². The van der Waals surface area contributed by atoms with Crippen molar-refractivity contribution >= 4 is 57.3 Å². The summed E-state index contributed by atoms with van der Waals surface area (Å²) in [7, 11) is 1.54. The minimum atomic E-state index is -0.324. The number of rotatable bonds is 7. The highest BCUT2D eigenvalue weighted by Crippen LogP contribution is 2.29. The van der Waals surface area contributed by atoms with Crippen LogP contribution in [0.1, 0.15) is 32.6 Å². The van der Waals surface area contributed by atoms with Gasteiger partial charge in [-0.3, -0.25) is 4.79 Å². The van der Waals surface area contributed by atoms with Gasteiger partial charge in [-0.05, 0) is 100.0 Å². The number of nitrogens with zero attached hydrogens (tertiary/aromatic N) is 1. The molecule has 5 nitrogen and oxygen atoms in total. The average molecular weight is 640 g/mol. The van der Waals surface area contributed by atoms with Crippen molar-refractivity contribution in [3.05, 3.63) is 89.6 Å². The third-order valence-electron chi connectivity index (χ3n) is 4.51. The quantitative estimate of drug-likeness (QED) is 0.200. The molecule has 0 heterocycles. The van der Waals surface area contributed by atoms with Crippen molar-refractivity contribution in [1.82, 2.24) is 5.43 Å². The van der Waals surface area contributed by atoms with Crippen molar-refractivity contribution in [2.45, 2.75) is 20.5 Å². The zero-order valence-electron chi connectivity index (χ0n) is 17.4. The molecule has 0 fully saturated rings. The van der Waals surface area contributed by atoms with Crippen LogP contribution in [-0.2, 0) is 6.61 Å². The topological polar surface area (TPSA) is 59.9 Å². The van der Waals surface area contributed by atoms with E-state index in [1.807, 2.05) is 31.2 Å². The predicted octanol–water partition coefficient (Wildman–Crippen LogP) is 5.86. The van der Waals surface area contributed by atoms with E-state index in [0.717, 1.165) is 29.6 Å². The molecule has 0 spiro atoms. The molecule has 0 saturated carbocycles. The number of hydrogen-bond donors (Lipinski definition) is 1. The zero-order valence-corrected chi connectivity index (χ0v) is 21.7. The van der Waals surface area contributed by atoms with E-state index in [9.17, 15) is 4.79 Å². The van der Waals surface area contributed by atoms with Crippen LogP contribution in [0.25, 0.3) is 0 Å². The van der Waals surface area contributed by atoms with E-state index in [1.54, 1.807) is 19.4 Å². The molecule has 0 radical (unpaired) electrons. The third kappa shape index (κ3) is 6.42. The van der Waals surface area contributed by atoms with Gasteiger partial charge in [0.1, 0.15) is 18.1 Å². The fourth-order valence-corrected chi connectivity index (χ4v) is 4.97. The molecule has 0 aliphatic rings. The normalized spacial score (nSPS) is 10.9. The molecule has 1 N–H and O–H groups in total. The molecule has 7 heteroatoms. The first kappa shape index (κ1) is 23.5. The molecule has 160 valence electrons. The molecule has 0 atom stereocenters. The fraction of sp³-hybridized carbons (Fsp3) is 0.167. The SMILES string of the molecule is COc1cc(C)ccc1C(=O)N/N=C\c1cc(I)c(OCc2ccc(C)cc2)c(I)c1. The summed E-state index contributed by atoms with van der Waals surface area (Å²) in [4.78, 5) is 12.4. The van der Waals surface area contributed by atoms with Gasteiger partial charge in [-0.1, -0.05) is 35.9 Å². The van der Waals surface area contributed by atoms with Gasteiger partial charge in [0.2, 0.25) is 0 Å². The van der Waals surface area contributed by atoms with Gasteiger partial charge in [0.05, 0.1) is 26.0 Å². The van der Waals surface area contributed by atoms with Crippen LogP contribution in [0.5, 0.6) is 11.5 Å². The molecule has 0 saturated heterocycles. The first-order valence-electron chi connectivity index (χ1n) is 9.53. The van der Waals surface area contributed by atoms with Crippen LogP contribution in [-0.4, -0.2) is 19.2 Å². The number of hydrogen-bond acceptors (Lipinski definition) is 4. The Morgan fingerprint density at radius 2 is 1.65 bits per heavy atom. The van der Waals surface area contributed by atoms with Crippen LogP contribution >= 0.6 is 45.2 Å². The molecule has 3 aromatic carbocycles.